The first-order chi connectivity index (χ1) is 11.2. The fraction of sp³-hybridized carbons (Fsp3) is 0.143. The predicted molar refractivity (Wildman–Crippen MR) is 107 cm³/mol. The van der Waals surface area contributed by atoms with Gasteiger partial charge in [0.25, 0.3) is 0 Å². The molecule has 0 radical (unpaired) electrons. The topological polar surface area (TPSA) is 0 Å². The van der Waals surface area contributed by atoms with Crippen LogP contribution in [0, 0.1) is 0 Å². The first-order valence-corrected chi connectivity index (χ1v) is 17.2. The molecular formula is C21H24AsGa. The van der Waals surface area contributed by atoms with E-state index >= 15 is 0 Å². The molecule has 0 saturated carbocycles. The normalized spacial score (nSPS) is 9.91. The number of rotatable bonds is 3. The van der Waals surface area contributed by atoms with Crippen LogP contribution in [0.25, 0.3) is 0 Å². The van der Waals surface area contributed by atoms with Crippen molar-refractivity contribution in [1.29, 1.82) is 0 Å². The van der Waals surface area contributed by atoms with Gasteiger partial charge in [0.2, 0.25) is 0 Å². The van der Waals surface area contributed by atoms with E-state index in [0.29, 0.717) is 0 Å². The minimum atomic E-state index is -1.87. The Kier molecular flexibility index (Phi) is 7.81. The third kappa shape index (κ3) is 6.10. The van der Waals surface area contributed by atoms with E-state index in [2.05, 4.69) is 108 Å². The second-order valence-electron chi connectivity index (χ2n) is 6.01. The summed E-state index contributed by atoms with van der Waals surface area (Å²) in [6, 6.07) is 32.9. The van der Waals surface area contributed by atoms with E-state index in [9.17, 15) is 0 Å². The molecule has 3 rings (SSSR count). The molecule has 0 saturated heterocycles. The zero-order valence-corrected chi connectivity index (χ0v) is 18.5. The van der Waals surface area contributed by atoms with Crippen molar-refractivity contribution in [2.45, 2.75) is 17.1 Å². The summed E-state index contributed by atoms with van der Waals surface area (Å²) in [7, 11) is 0. The summed E-state index contributed by atoms with van der Waals surface area (Å²) in [4.78, 5) is 0. The van der Waals surface area contributed by atoms with Crippen molar-refractivity contribution in [2.24, 2.45) is 0 Å². The fourth-order valence-corrected chi connectivity index (χ4v) is 8.76. The summed E-state index contributed by atoms with van der Waals surface area (Å²) in [6.07, 6.45) is 0. The van der Waals surface area contributed by atoms with Crippen LogP contribution in [0.2, 0.25) is 17.1 Å². The molecule has 0 unspecified atom stereocenters. The minimum absolute atomic E-state index is 0.188. The number of hydrogen-bond acceptors (Lipinski definition) is 0. The van der Waals surface area contributed by atoms with Gasteiger partial charge >= 0.3 is 151 Å². The van der Waals surface area contributed by atoms with Gasteiger partial charge in [0.1, 0.15) is 0 Å². The summed E-state index contributed by atoms with van der Waals surface area (Å²) in [5.41, 5.74) is 6.94. The maximum absolute atomic E-state index is 2.31. The van der Waals surface area contributed by atoms with E-state index in [1.807, 2.05) is 0 Å². The Balaban J connectivity index is 0.000000433. The van der Waals surface area contributed by atoms with Crippen molar-refractivity contribution < 1.29 is 0 Å². The van der Waals surface area contributed by atoms with Crippen molar-refractivity contribution >= 4 is 43.2 Å². The van der Waals surface area contributed by atoms with Gasteiger partial charge in [-0.15, -0.1) is 0 Å². The van der Waals surface area contributed by atoms with Crippen molar-refractivity contribution in [3.8, 4) is 0 Å². The van der Waals surface area contributed by atoms with Crippen molar-refractivity contribution in [3.05, 3.63) is 91.0 Å². The number of hydrogen-bond donors (Lipinski definition) is 0. The van der Waals surface area contributed by atoms with Crippen molar-refractivity contribution in [2.75, 3.05) is 0 Å². The second-order valence-corrected chi connectivity index (χ2v) is 17.6. The molecular weight excluding hydrogens is 397 g/mol. The first kappa shape index (κ1) is 18.2. The summed E-state index contributed by atoms with van der Waals surface area (Å²) >= 11 is -2.06. The van der Waals surface area contributed by atoms with E-state index in [0.717, 1.165) is 0 Å². The van der Waals surface area contributed by atoms with Gasteiger partial charge in [-0.25, -0.2) is 0 Å². The van der Waals surface area contributed by atoms with Gasteiger partial charge < -0.3 is 0 Å². The zero-order chi connectivity index (χ0) is 16.5. The molecule has 0 aliphatic carbocycles. The van der Waals surface area contributed by atoms with E-state index < -0.39 is 16.2 Å². The Labute approximate surface area is 150 Å². The molecule has 0 amide bonds. The molecule has 0 aliphatic rings. The van der Waals surface area contributed by atoms with E-state index in [4.69, 9.17) is 0 Å². The van der Waals surface area contributed by atoms with E-state index in [1.54, 1.807) is 0 Å². The molecule has 23 heavy (non-hydrogen) atoms. The Hall–Kier alpha value is -1.15. The molecule has 0 aliphatic heterocycles. The predicted octanol–water partition coefficient (Wildman–Crippen LogP) is 3.57. The molecule has 2 heteroatoms. The van der Waals surface area contributed by atoms with Gasteiger partial charge in [0.15, 0.2) is 0 Å². The zero-order valence-electron chi connectivity index (χ0n) is 14.2. The van der Waals surface area contributed by atoms with Crippen LogP contribution in [0.3, 0.4) is 0 Å². The Morgan fingerprint density at radius 1 is 0.478 bits per heavy atom. The third-order valence-corrected chi connectivity index (χ3v) is 10.0. The SMILES string of the molecule is C[As](C)C.c1cc[c]([Ga]([c]2ccccc2)[c]2ccccc2)cc1. The van der Waals surface area contributed by atoms with Crippen LogP contribution in [0.4, 0.5) is 0 Å². The molecule has 0 N–H and O–H groups in total. The maximum atomic E-state index is 2.31. The summed E-state index contributed by atoms with van der Waals surface area (Å²) in [5, 5.41) is 0. The Morgan fingerprint density at radius 3 is 0.913 bits per heavy atom. The first-order valence-electron chi connectivity index (χ1n) is 7.94. The van der Waals surface area contributed by atoms with Crippen LogP contribution in [-0.4, -0.2) is 30.9 Å². The van der Waals surface area contributed by atoms with Gasteiger partial charge in [-0.3, -0.25) is 0 Å². The van der Waals surface area contributed by atoms with Crippen molar-refractivity contribution in [1.82, 2.24) is 0 Å². The molecule has 0 heterocycles. The van der Waals surface area contributed by atoms with E-state index in [-0.39, 0.29) is 14.7 Å². The second kappa shape index (κ2) is 9.87. The monoisotopic (exact) mass is 420 g/mol. The molecule has 0 atom stereocenters. The van der Waals surface area contributed by atoms with Gasteiger partial charge in [-0.2, -0.15) is 0 Å². The van der Waals surface area contributed by atoms with Gasteiger partial charge in [-0.05, 0) is 0 Å². The molecule has 116 valence electrons. The summed E-state index contributed by atoms with van der Waals surface area (Å²) in [5.74, 6) is 0. The van der Waals surface area contributed by atoms with Crippen LogP contribution in [-0.2, 0) is 0 Å². The van der Waals surface area contributed by atoms with Crippen LogP contribution in [0.1, 0.15) is 0 Å². The van der Waals surface area contributed by atoms with Gasteiger partial charge in [0.05, 0.1) is 0 Å². The molecule has 0 nitrogen and oxygen atoms in total. The number of benzene rings is 3. The molecule has 0 aromatic heterocycles. The summed E-state index contributed by atoms with van der Waals surface area (Å²) in [6.45, 7) is 0. The molecule has 3 aromatic carbocycles. The van der Waals surface area contributed by atoms with E-state index in [1.165, 1.54) is 12.4 Å². The fourth-order valence-electron chi connectivity index (χ4n) is 2.51. The molecule has 3 aromatic rings. The summed E-state index contributed by atoms with van der Waals surface area (Å²) < 4.78 is 4.56. The molecule has 0 bridgehead atoms. The standard InChI is InChI=1S/3C6H5.C3H9As.Ga/c3*1-2-4-6-5-3-1;1-4(2)3;/h3*1-5H;1-3H3;. The average molecular weight is 421 g/mol. The molecule has 0 fully saturated rings. The third-order valence-electron chi connectivity index (χ3n) is 3.40. The average Bonchev–Trinajstić information content (AvgIpc) is 2.58. The Morgan fingerprint density at radius 2 is 0.696 bits per heavy atom. The van der Waals surface area contributed by atoms with Crippen molar-refractivity contribution in [3.63, 3.8) is 0 Å². The van der Waals surface area contributed by atoms with Gasteiger partial charge in [0, 0.05) is 0 Å². The van der Waals surface area contributed by atoms with Crippen LogP contribution < -0.4 is 12.4 Å². The van der Waals surface area contributed by atoms with Crippen LogP contribution >= 0.6 is 0 Å². The van der Waals surface area contributed by atoms with Crippen LogP contribution in [0.5, 0.6) is 0 Å². The van der Waals surface area contributed by atoms with Crippen LogP contribution in [0.15, 0.2) is 91.0 Å². The van der Waals surface area contributed by atoms with Gasteiger partial charge in [-0.1, -0.05) is 0 Å². The molecule has 0 spiro atoms. The quantitative estimate of drug-likeness (QED) is 0.568. The Bertz CT molecular complexity index is 569.